The molecule has 0 spiro atoms. The van der Waals surface area contributed by atoms with Gasteiger partial charge in [-0.25, -0.2) is 0 Å². The molecule has 116 valence electrons. The van der Waals surface area contributed by atoms with Crippen LogP contribution in [-0.2, 0) is 11.2 Å². The van der Waals surface area contributed by atoms with Crippen LogP contribution in [0.4, 0.5) is 0 Å². The number of halogens is 2. The molecule has 0 saturated carbocycles. The van der Waals surface area contributed by atoms with E-state index < -0.39 is 0 Å². The Kier molecular flexibility index (Phi) is 6.34. The highest BCUT2D eigenvalue weighted by Crippen LogP contribution is 2.24. The van der Waals surface area contributed by atoms with Gasteiger partial charge in [-0.1, -0.05) is 29.3 Å². The maximum absolute atomic E-state index is 12.3. The van der Waals surface area contributed by atoms with Crippen LogP contribution >= 0.6 is 23.2 Å². The van der Waals surface area contributed by atoms with E-state index >= 15 is 0 Å². The quantitative estimate of drug-likeness (QED) is 0.866. The number of aryl methyl sites for hydroxylation is 1. The van der Waals surface area contributed by atoms with E-state index in [1.807, 2.05) is 30.1 Å². The number of benzene rings is 1. The van der Waals surface area contributed by atoms with Crippen LogP contribution in [0, 0.1) is 0 Å². The molecular formula is C16H22Cl2N2O. The molecule has 1 atom stereocenters. The number of nitrogens with zero attached hydrogens (tertiary/aromatic N) is 1. The molecular weight excluding hydrogens is 307 g/mol. The molecule has 1 aromatic rings. The fraction of sp³-hybridized carbons (Fsp3) is 0.562. The molecule has 5 heteroatoms. The fourth-order valence-electron chi connectivity index (χ4n) is 2.89. The molecule has 1 aliphatic rings. The Morgan fingerprint density at radius 1 is 1.38 bits per heavy atom. The molecule has 1 aromatic carbocycles. The minimum atomic E-state index is 0.271. The average Bonchev–Trinajstić information content (AvgIpc) is 2.91. The van der Waals surface area contributed by atoms with Crippen LogP contribution in [0.15, 0.2) is 18.2 Å². The van der Waals surface area contributed by atoms with E-state index in [9.17, 15) is 4.79 Å². The number of carbonyl (C=O) groups is 1. The topological polar surface area (TPSA) is 32.3 Å². The van der Waals surface area contributed by atoms with E-state index in [1.54, 1.807) is 0 Å². The van der Waals surface area contributed by atoms with Crippen molar-refractivity contribution >= 4 is 29.1 Å². The summed E-state index contributed by atoms with van der Waals surface area (Å²) in [4.78, 5) is 14.3. The van der Waals surface area contributed by atoms with E-state index in [-0.39, 0.29) is 5.91 Å². The molecule has 0 aromatic heterocycles. The summed E-state index contributed by atoms with van der Waals surface area (Å²) in [5, 5.41) is 4.32. The maximum atomic E-state index is 12.3. The lowest BCUT2D eigenvalue weighted by Gasteiger charge is -2.24. The Balaban J connectivity index is 1.79. The summed E-state index contributed by atoms with van der Waals surface area (Å²) in [6.45, 7) is 1.79. The summed E-state index contributed by atoms with van der Waals surface area (Å²) < 4.78 is 0. The molecule has 1 N–H and O–H groups in total. The van der Waals surface area contributed by atoms with Crippen molar-refractivity contribution in [3.05, 3.63) is 33.8 Å². The van der Waals surface area contributed by atoms with Crippen LogP contribution in [0.2, 0.25) is 10.0 Å². The smallest absolute Gasteiger partial charge is 0.222 e. The zero-order valence-electron chi connectivity index (χ0n) is 12.4. The Bertz CT molecular complexity index is 493. The van der Waals surface area contributed by atoms with Crippen molar-refractivity contribution in [3.63, 3.8) is 0 Å². The number of amides is 1. The number of carbonyl (C=O) groups excluding carboxylic acids is 1. The van der Waals surface area contributed by atoms with Crippen LogP contribution in [0.5, 0.6) is 0 Å². The van der Waals surface area contributed by atoms with Gasteiger partial charge in [-0.05, 0) is 50.4 Å². The number of hydrogen-bond donors (Lipinski definition) is 1. The largest absolute Gasteiger partial charge is 0.338 e. The summed E-state index contributed by atoms with van der Waals surface area (Å²) in [5.74, 6) is 0.271. The predicted molar refractivity (Wildman–Crippen MR) is 88.1 cm³/mol. The Labute approximate surface area is 136 Å². The average molecular weight is 329 g/mol. The number of nitrogens with one attached hydrogen (secondary N) is 1. The van der Waals surface area contributed by atoms with Crippen LogP contribution < -0.4 is 5.32 Å². The highest BCUT2D eigenvalue weighted by molar-refractivity contribution is 6.42. The van der Waals surface area contributed by atoms with Crippen molar-refractivity contribution in [2.45, 2.75) is 38.1 Å². The van der Waals surface area contributed by atoms with E-state index in [1.165, 1.54) is 0 Å². The third-order valence-electron chi connectivity index (χ3n) is 3.98. The first-order valence-electron chi connectivity index (χ1n) is 7.50. The first kappa shape index (κ1) is 16.6. The van der Waals surface area contributed by atoms with Gasteiger partial charge in [-0.2, -0.15) is 0 Å². The molecule has 1 heterocycles. The third-order valence-corrected chi connectivity index (χ3v) is 4.72. The number of hydrogen-bond acceptors (Lipinski definition) is 2. The van der Waals surface area contributed by atoms with Gasteiger partial charge in [0.1, 0.15) is 0 Å². The lowest BCUT2D eigenvalue weighted by atomic mass is 10.1. The summed E-state index contributed by atoms with van der Waals surface area (Å²) >= 11 is 11.9. The molecule has 1 fully saturated rings. The zero-order chi connectivity index (χ0) is 15.2. The molecule has 1 aliphatic heterocycles. The van der Waals surface area contributed by atoms with Gasteiger partial charge in [0, 0.05) is 25.6 Å². The minimum absolute atomic E-state index is 0.271. The molecule has 2 rings (SSSR count). The maximum Gasteiger partial charge on any atom is 0.222 e. The third kappa shape index (κ3) is 4.60. The van der Waals surface area contributed by atoms with Gasteiger partial charge in [0.25, 0.3) is 0 Å². The lowest BCUT2D eigenvalue weighted by Crippen LogP contribution is -2.40. The van der Waals surface area contributed by atoms with Crippen molar-refractivity contribution in [2.24, 2.45) is 0 Å². The summed E-state index contributed by atoms with van der Waals surface area (Å²) in [5.41, 5.74) is 1.13. The fourth-order valence-corrected chi connectivity index (χ4v) is 3.22. The van der Waals surface area contributed by atoms with E-state index in [2.05, 4.69) is 5.32 Å². The van der Waals surface area contributed by atoms with Gasteiger partial charge in [0.05, 0.1) is 10.0 Å². The van der Waals surface area contributed by atoms with E-state index in [4.69, 9.17) is 23.2 Å². The van der Waals surface area contributed by atoms with Gasteiger partial charge in [0.2, 0.25) is 5.91 Å². The van der Waals surface area contributed by atoms with Crippen molar-refractivity contribution < 1.29 is 4.79 Å². The van der Waals surface area contributed by atoms with Gasteiger partial charge in [0.15, 0.2) is 0 Å². The minimum Gasteiger partial charge on any atom is -0.338 e. The Morgan fingerprint density at radius 2 is 2.19 bits per heavy atom. The lowest BCUT2D eigenvalue weighted by molar-refractivity contribution is -0.132. The molecule has 0 bridgehead atoms. The van der Waals surface area contributed by atoms with Gasteiger partial charge >= 0.3 is 0 Å². The van der Waals surface area contributed by atoms with Crippen LogP contribution in [0.3, 0.4) is 0 Å². The first-order valence-corrected chi connectivity index (χ1v) is 8.25. The summed E-state index contributed by atoms with van der Waals surface area (Å²) in [6, 6.07) is 6.03. The molecule has 3 nitrogen and oxygen atoms in total. The summed E-state index contributed by atoms with van der Waals surface area (Å²) in [7, 11) is 1.94. The van der Waals surface area contributed by atoms with Crippen molar-refractivity contribution in [1.82, 2.24) is 10.2 Å². The highest BCUT2D eigenvalue weighted by Gasteiger charge is 2.27. The standard InChI is InChI=1S/C16H22Cl2N2O/c1-19-11-13-5-3-9-20(13)16(21)6-2-4-12-7-8-14(17)15(18)10-12/h7-8,10,13,19H,2-6,9,11H2,1H3. The molecule has 1 amide bonds. The molecule has 0 radical (unpaired) electrons. The van der Waals surface area contributed by atoms with E-state index in [0.717, 1.165) is 44.3 Å². The monoisotopic (exact) mass is 328 g/mol. The van der Waals surface area contributed by atoms with E-state index in [0.29, 0.717) is 22.5 Å². The molecule has 21 heavy (non-hydrogen) atoms. The number of likely N-dealkylation sites (N-methyl/N-ethyl adjacent to an activating group) is 1. The Hall–Kier alpha value is -0.770. The number of rotatable bonds is 6. The predicted octanol–water partition coefficient (Wildman–Crippen LogP) is 3.53. The molecule has 1 unspecified atom stereocenters. The second kappa shape index (κ2) is 8.02. The van der Waals surface area contributed by atoms with Crippen LogP contribution in [-0.4, -0.2) is 37.0 Å². The van der Waals surface area contributed by atoms with Crippen molar-refractivity contribution in [1.29, 1.82) is 0 Å². The molecule has 1 saturated heterocycles. The van der Waals surface area contributed by atoms with Crippen molar-refractivity contribution in [2.75, 3.05) is 20.1 Å². The van der Waals surface area contributed by atoms with Crippen LogP contribution in [0.1, 0.15) is 31.2 Å². The highest BCUT2D eigenvalue weighted by atomic mass is 35.5. The first-order chi connectivity index (χ1) is 10.1. The number of likely N-dealkylation sites (tertiary alicyclic amines) is 1. The van der Waals surface area contributed by atoms with Crippen molar-refractivity contribution in [3.8, 4) is 0 Å². The second-order valence-corrected chi connectivity index (χ2v) is 6.36. The second-order valence-electron chi connectivity index (χ2n) is 5.54. The zero-order valence-corrected chi connectivity index (χ0v) is 13.9. The van der Waals surface area contributed by atoms with Gasteiger partial charge in [-0.3, -0.25) is 4.79 Å². The van der Waals surface area contributed by atoms with Gasteiger partial charge in [-0.15, -0.1) is 0 Å². The normalized spacial score (nSPS) is 18.2. The van der Waals surface area contributed by atoms with Crippen LogP contribution in [0.25, 0.3) is 0 Å². The summed E-state index contributed by atoms with van der Waals surface area (Å²) in [6.07, 6.45) is 4.53. The Morgan fingerprint density at radius 3 is 2.90 bits per heavy atom. The molecule has 0 aliphatic carbocycles. The SMILES string of the molecule is CNCC1CCCN1C(=O)CCCc1ccc(Cl)c(Cl)c1. The van der Waals surface area contributed by atoms with Gasteiger partial charge < -0.3 is 10.2 Å².